The monoisotopic (exact) mass is 364 g/mol. The predicted molar refractivity (Wildman–Crippen MR) is 83.6 cm³/mol. The van der Waals surface area contributed by atoms with E-state index in [1.807, 2.05) is 24.3 Å². The zero-order valence-corrected chi connectivity index (χ0v) is 13.1. The molecule has 3 rings (SSSR count). The van der Waals surface area contributed by atoms with Crippen molar-refractivity contribution in [1.82, 2.24) is 9.78 Å². The fourth-order valence-corrected chi connectivity index (χ4v) is 2.58. The van der Waals surface area contributed by atoms with Crippen molar-refractivity contribution < 1.29 is 9.21 Å². The molecule has 0 amide bonds. The van der Waals surface area contributed by atoms with Crippen molar-refractivity contribution in [2.75, 3.05) is 0 Å². The van der Waals surface area contributed by atoms with Crippen LogP contribution in [-0.2, 0) is 6.54 Å². The van der Waals surface area contributed by atoms with Crippen LogP contribution in [0, 0.1) is 0 Å². The van der Waals surface area contributed by atoms with Crippen molar-refractivity contribution in [2.24, 2.45) is 0 Å². The average molecular weight is 366 g/mol. The molecule has 0 unspecified atom stereocenters. The van der Waals surface area contributed by atoms with E-state index < -0.39 is 0 Å². The third-order valence-electron chi connectivity index (χ3n) is 2.96. The standard InChI is InChI=1S/C15H10BrClN2O2/c16-14-5-4-13(21-14)15-11(9-20)8-19(18-15)7-10-2-1-3-12(17)6-10/h1-6,8-9H,7H2. The molecule has 1 aromatic carbocycles. The molecule has 0 spiro atoms. The van der Waals surface area contributed by atoms with Gasteiger partial charge in [0.05, 0.1) is 12.1 Å². The lowest BCUT2D eigenvalue weighted by Crippen LogP contribution is -2.00. The molecular weight excluding hydrogens is 356 g/mol. The lowest BCUT2D eigenvalue weighted by molar-refractivity contribution is 0.112. The van der Waals surface area contributed by atoms with E-state index in [2.05, 4.69) is 21.0 Å². The van der Waals surface area contributed by atoms with Crippen molar-refractivity contribution in [3.05, 3.63) is 63.4 Å². The van der Waals surface area contributed by atoms with E-state index in [-0.39, 0.29) is 0 Å². The van der Waals surface area contributed by atoms with Gasteiger partial charge in [-0.2, -0.15) is 5.10 Å². The Balaban J connectivity index is 1.94. The molecule has 2 aromatic heterocycles. The topological polar surface area (TPSA) is 48.0 Å². The minimum Gasteiger partial charge on any atom is -0.448 e. The number of rotatable bonds is 4. The molecule has 2 heterocycles. The molecule has 0 bridgehead atoms. The molecule has 0 aliphatic rings. The van der Waals surface area contributed by atoms with Crippen LogP contribution in [0.2, 0.25) is 5.02 Å². The highest BCUT2D eigenvalue weighted by atomic mass is 79.9. The first-order chi connectivity index (χ1) is 10.2. The fraction of sp³-hybridized carbons (Fsp3) is 0.0667. The lowest BCUT2D eigenvalue weighted by atomic mass is 10.2. The Morgan fingerprint density at radius 2 is 2.19 bits per heavy atom. The normalized spacial score (nSPS) is 10.8. The van der Waals surface area contributed by atoms with Gasteiger partial charge in [-0.1, -0.05) is 23.7 Å². The summed E-state index contributed by atoms with van der Waals surface area (Å²) in [6, 6.07) is 11.1. The van der Waals surface area contributed by atoms with Crippen LogP contribution in [0.3, 0.4) is 0 Å². The van der Waals surface area contributed by atoms with Crippen LogP contribution >= 0.6 is 27.5 Å². The number of aldehydes is 1. The largest absolute Gasteiger partial charge is 0.448 e. The first-order valence-electron chi connectivity index (χ1n) is 6.18. The quantitative estimate of drug-likeness (QED) is 0.643. The van der Waals surface area contributed by atoms with E-state index in [1.54, 1.807) is 23.0 Å². The maximum atomic E-state index is 11.2. The van der Waals surface area contributed by atoms with Crippen LogP contribution in [0.15, 0.2) is 51.7 Å². The van der Waals surface area contributed by atoms with Crippen LogP contribution in [0.4, 0.5) is 0 Å². The van der Waals surface area contributed by atoms with Crippen LogP contribution in [0.1, 0.15) is 15.9 Å². The lowest BCUT2D eigenvalue weighted by Gasteiger charge is -2.02. The van der Waals surface area contributed by atoms with Crippen molar-refractivity contribution in [3.63, 3.8) is 0 Å². The molecule has 0 saturated heterocycles. The summed E-state index contributed by atoms with van der Waals surface area (Å²) in [4.78, 5) is 11.2. The molecule has 21 heavy (non-hydrogen) atoms. The summed E-state index contributed by atoms with van der Waals surface area (Å²) in [5, 5.41) is 5.09. The van der Waals surface area contributed by atoms with Crippen LogP contribution in [-0.4, -0.2) is 16.1 Å². The van der Waals surface area contributed by atoms with E-state index in [0.29, 0.717) is 33.3 Å². The van der Waals surface area contributed by atoms with Crippen LogP contribution in [0.25, 0.3) is 11.5 Å². The Morgan fingerprint density at radius 3 is 2.86 bits per heavy atom. The van der Waals surface area contributed by atoms with Crippen molar-refractivity contribution in [2.45, 2.75) is 6.54 Å². The predicted octanol–water partition coefficient (Wildman–Crippen LogP) is 4.42. The smallest absolute Gasteiger partial charge is 0.169 e. The molecule has 0 aliphatic carbocycles. The molecular formula is C15H10BrClN2O2. The SMILES string of the molecule is O=Cc1cn(Cc2cccc(Cl)c2)nc1-c1ccc(Br)o1. The van der Waals surface area contributed by atoms with E-state index in [1.165, 1.54) is 0 Å². The summed E-state index contributed by atoms with van der Waals surface area (Å²) in [5.41, 5.74) is 2.02. The summed E-state index contributed by atoms with van der Waals surface area (Å²) in [6.07, 6.45) is 2.47. The molecule has 0 aliphatic heterocycles. The highest BCUT2D eigenvalue weighted by Crippen LogP contribution is 2.26. The van der Waals surface area contributed by atoms with Gasteiger partial charge in [0, 0.05) is 11.2 Å². The molecule has 0 atom stereocenters. The molecule has 0 saturated carbocycles. The molecule has 0 N–H and O–H groups in total. The zero-order chi connectivity index (χ0) is 14.8. The molecule has 106 valence electrons. The van der Waals surface area contributed by atoms with Gasteiger partial charge in [0.1, 0.15) is 5.69 Å². The molecule has 6 heteroatoms. The number of hydrogen-bond acceptors (Lipinski definition) is 3. The maximum absolute atomic E-state index is 11.2. The second-order valence-corrected chi connectivity index (χ2v) is 5.70. The summed E-state index contributed by atoms with van der Waals surface area (Å²) in [7, 11) is 0. The van der Waals surface area contributed by atoms with Crippen LogP contribution < -0.4 is 0 Å². The van der Waals surface area contributed by atoms with Gasteiger partial charge in [-0.3, -0.25) is 9.48 Å². The highest BCUT2D eigenvalue weighted by Gasteiger charge is 2.14. The Kier molecular flexibility index (Phi) is 3.94. The third kappa shape index (κ3) is 3.09. The van der Waals surface area contributed by atoms with E-state index in [0.717, 1.165) is 11.8 Å². The summed E-state index contributed by atoms with van der Waals surface area (Å²) in [5.74, 6) is 0.550. The van der Waals surface area contributed by atoms with Gasteiger partial charge in [-0.25, -0.2) is 0 Å². The number of carbonyl (C=O) groups is 1. The summed E-state index contributed by atoms with van der Waals surface area (Å²) < 4.78 is 7.75. The first-order valence-corrected chi connectivity index (χ1v) is 7.35. The summed E-state index contributed by atoms with van der Waals surface area (Å²) in [6.45, 7) is 0.531. The van der Waals surface area contributed by atoms with Crippen molar-refractivity contribution in [1.29, 1.82) is 0 Å². The number of nitrogens with zero attached hydrogens (tertiary/aromatic N) is 2. The Bertz CT molecular complexity index is 795. The van der Waals surface area contributed by atoms with Gasteiger partial charge in [-0.15, -0.1) is 0 Å². The minimum absolute atomic E-state index is 0.485. The average Bonchev–Trinajstić information content (AvgIpc) is 3.05. The summed E-state index contributed by atoms with van der Waals surface area (Å²) >= 11 is 9.21. The Labute approximate surface area is 134 Å². The van der Waals surface area contributed by atoms with Gasteiger partial charge in [0.15, 0.2) is 16.7 Å². The Morgan fingerprint density at radius 1 is 1.33 bits per heavy atom. The number of halogens is 2. The van der Waals surface area contributed by atoms with Gasteiger partial charge in [0.2, 0.25) is 0 Å². The second kappa shape index (κ2) is 5.87. The number of aromatic nitrogens is 2. The van der Waals surface area contributed by atoms with Gasteiger partial charge in [0.25, 0.3) is 0 Å². The van der Waals surface area contributed by atoms with Crippen LogP contribution in [0.5, 0.6) is 0 Å². The fourth-order valence-electron chi connectivity index (χ4n) is 2.06. The molecule has 0 radical (unpaired) electrons. The highest BCUT2D eigenvalue weighted by molar-refractivity contribution is 9.10. The maximum Gasteiger partial charge on any atom is 0.169 e. The van der Waals surface area contributed by atoms with Gasteiger partial charge >= 0.3 is 0 Å². The number of furan rings is 1. The number of carbonyl (C=O) groups excluding carboxylic acids is 1. The third-order valence-corrected chi connectivity index (χ3v) is 3.62. The zero-order valence-electron chi connectivity index (χ0n) is 10.8. The van der Waals surface area contributed by atoms with Crippen molar-refractivity contribution in [3.8, 4) is 11.5 Å². The number of hydrogen-bond donors (Lipinski definition) is 0. The minimum atomic E-state index is 0.485. The molecule has 3 aromatic rings. The molecule has 0 fully saturated rings. The molecule has 4 nitrogen and oxygen atoms in total. The van der Waals surface area contributed by atoms with Gasteiger partial charge < -0.3 is 4.42 Å². The van der Waals surface area contributed by atoms with E-state index in [9.17, 15) is 4.79 Å². The van der Waals surface area contributed by atoms with E-state index in [4.69, 9.17) is 16.0 Å². The van der Waals surface area contributed by atoms with E-state index >= 15 is 0 Å². The second-order valence-electron chi connectivity index (χ2n) is 4.48. The van der Waals surface area contributed by atoms with Crippen molar-refractivity contribution >= 4 is 33.8 Å². The number of benzene rings is 1. The van der Waals surface area contributed by atoms with Gasteiger partial charge in [-0.05, 0) is 45.8 Å². The Hall–Kier alpha value is -1.85. The first kappa shape index (κ1) is 14.1.